The van der Waals surface area contributed by atoms with Crippen molar-refractivity contribution in [2.24, 2.45) is 0 Å². The normalized spacial score (nSPS) is 13.2. The number of ether oxygens (including phenoxy) is 1. The highest BCUT2D eigenvalue weighted by atomic mass is 16.5. The molecular weight excluding hydrogens is 226 g/mol. The Morgan fingerprint density at radius 1 is 1.33 bits per heavy atom. The minimum atomic E-state index is 0.303. The Morgan fingerprint density at radius 3 is 2.67 bits per heavy atom. The molecule has 0 amide bonds. The van der Waals surface area contributed by atoms with Crippen LogP contribution < -0.4 is 5.32 Å². The summed E-state index contributed by atoms with van der Waals surface area (Å²) in [6.45, 7) is 12.0. The summed E-state index contributed by atoms with van der Waals surface area (Å²) >= 11 is 0. The number of hydrogen-bond donors (Lipinski definition) is 1. The standard InChI is InChI=1S/C15H27NO2/c1-6-7-13(5)17-10-14-8-12(4)15(18-14)9-16-11(2)3/h8,11,13,16H,6-7,9-10H2,1-5H3. The molecule has 104 valence electrons. The number of aryl methyl sites for hydroxylation is 1. The van der Waals surface area contributed by atoms with Gasteiger partial charge in [0.15, 0.2) is 0 Å². The molecule has 0 spiro atoms. The Morgan fingerprint density at radius 2 is 2.06 bits per heavy atom. The summed E-state index contributed by atoms with van der Waals surface area (Å²) in [5.41, 5.74) is 1.20. The predicted octanol–water partition coefficient (Wildman–Crippen LogP) is 3.79. The van der Waals surface area contributed by atoms with Crippen molar-refractivity contribution in [3.8, 4) is 0 Å². The lowest BCUT2D eigenvalue weighted by molar-refractivity contribution is 0.0366. The zero-order valence-corrected chi connectivity index (χ0v) is 12.4. The van der Waals surface area contributed by atoms with Crippen LogP contribution in [0.2, 0.25) is 0 Å². The number of hydrogen-bond acceptors (Lipinski definition) is 3. The van der Waals surface area contributed by atoms with Crippen molar-refractivity contribution >= 4 is 0 Å². The van der Waals surface area contributed by atoms with E-state index in [9.17, 15) is 0 Å². The summed E-state index contributed by atoms with van der Waals surface area (Å²) in [5, 5.41) is 3.37. The average Bonchev–Trinajstić information content (AvgIpc) is 2.65. The molecule has 3 nitrogen and oxygen atoms in total. The Kier molecular flexibility index (Phi) is 6.44. The molecule has 1 heterocycles. The van der Waals surface area contributed by atoms with E-state index in [0.29, 0.717) is 18.8 Å². The van der Waals surface area contributed by atoms with Crippen molar-refractivity contribution in [1.82, 2.24) is 5.32 Å². The average molecular weight is 253 g/mol. The monoisotopic (exact) mass is 253 g/mol. The van der Waals surface area contributed by atoms with Crippen LogP contribution in [-0.4, -0.2) is 12.1 Å². The molecular formula is C15H27NO2. The van der Waals surface area contributed by atoms with Crippen molar-refractivity contribution in [3.05, 3.63) is 23.2 Å². The van der Waals surface area contributed by atoms with Gasteiger partial charge in [-0.25, -0.2) is 0 Å². The molecule has 0 aliphatic heterocycles. The fourth-order valence-electron chi connectivity index (χ4n) is 1.85. The van der Waals surface area contributed by atoms with E-state index < -0.39 is 0 Å². The maximum Gasteiger partial charge on any atom is 0.130 e. The molecule has 0 saturated carbocycles. The summed E-state index contributed by atoms with van der Waals surface area (Å²) in [5.74, 6) is 1.95. The highest BCUT2D eigenvalue weighted by Gasteiger charge is 2.09. The smallest absolute Gasteiger partial charge is 0.130 e. The van der Waals surface area contributed by atoms with Gasteiger partial charge in [-0.05, 0) is 31.9 Å². The van der Waals surface area contributed by atoms with Crippen LogP contribution in [0.25, 0.3) is 0 Å². The molecule has 3 heteroatoms. The molecule has 1 aromatic heterocycles. The Labute approximate surface area is 111 Å². The first-order valence-corrected chi connectivity index (χ1v) is 6.96. The quantitative estimate of drug-likeness (QED) is 0.765. The minimum absolute atomic E-state index is 0.303. The molecule has 0 radical (unpaired) electrons. The van der Waals surface area contributed by atoms with Gasteiger partial charge in [-0.15, -0.1) is 0 Å². The van der Waals surface area contributed by atoms with Crippen LogP contribution in [0, 0.1) is 6.92 Å². The number of nitrogens with one attached hydrogen (secondary N) is 1. The van der Waals surface area contributed by atoms with E-state index >= 15 is 0 Å². The van der Waals surface area contributed by atoms with Gasteiger partial charge in [0.1, 0.15) is 18.1 Å². The van der Waals surface area contributed by atoms with E-state index in [-0.39, 0.29) is 0 Å². The van der Waals surface area contributed by atoms with Crippen LogP contribution in [0.4, 0.5) is 0 Å². The van der Waals surface area contributed by atoms with Crippen LogP contribution in [0.5, 0.6) is 0 Å². The van der Waals surface area contributed by atoms with E-state index in [1.807, 2.05) is 0 Å². The van der Waals surface area contributed by atoms with Gasteiger partial charge in [0.25, 0.3) is 0 Å². The molecule has 0 aliphatic carbocycles. The number of rotatable bonds is 8. The molecule has 0 fully saturated rings. The molecule has 0 bridgehead atoms. The molecule has 1 N–H and O–H groups in total. The van der Waals surface area contributed by atoms with Gasteiger partial charge in [-0.1, -0.05) is 27.2 Å². The molecule has 1 atom stereocenters. The third kappa shape index (κ3) is 5.23. The molecule has 0 aromatic carbocycles. The van der Waals surface area contributed by atoms with E-state index in [1.165, 1.54) is 5.56 Å². The topological polar surface area (TPSA) is 34.4 Å². The summed E-state index contributed by atoms with van der Waals surface area (Å²) in [6.07, 6.45) is 2.56. The predicted molar refractivity (Wildman–Crippen MR) is 74.6 cm³/mol. The van der Waals surface area contributed by atoms with Crippen molar-refractivity contribution < 1.29 is 9.15 Å². The third-order valence-electron chi connectivity index (χ3n) is 2.95. The first kappa shape index (κ1) is 15.3. The molecule has 18 heavy (non-hydrogen) atoms. The van der Waals surface area contributed by atoms with Crippen molar-refractivity contribution in [1.29, 1.82) is 0 Å². The van der Waals surface area contributed by atoms with E-state index in [2.05, 4.69) is 46.0 Å². The SMILES string of the molecule is CCCC(C)OCc1cc(C)c(CNC(C)C)o1. The van der Waals surface area contributed by atoms with Crippen molar-refractivity contribution in [2.45, 2.75) is 72.8 Å². The Hall–Kier alpha value is -0.800. The molecule has 1 aromatic rings. The third-order valence-corrected chi connectivity index (χ3v) is 2.95. The molecule has 0 saturated heterocycles. The summed E-state index contributed by atoms with van der Waals surface area (Å²) < 4.78 is 11.6. The molecule has 1 rings (SSSR count). The lowest BCUT2D eigenvalue weighted by Gasteiger charge is -2.10. The fraction of sp³-hybridized carbons (Fsp3) is 0.733. The van der Waals surface area contributed by atoms with E-state index in [4.69, 9.17) is 9.15 Å². The van der Waals surface area contributed by atoms with Crippen LogP contribution in [0.15, 0.2) is 10.5 Å². The van der Waals surface area contributed by atoms with E-state index in [0.717, 1.165) is 30.9 Å². The molecule has 1 unspecified atom stereocenters. The lowest BCUT2D eigenvalue weighted by Crippen LogP contribution is -2.21. The first-order valence-electron chi connectivity index (χ1n) is 6.96. The van der Waals surface area contributed by atoms with Crippen molar-refractivity contribution in [2.75, 3.05) is 0 Å². The fourth-order valence-corrected chi connectivity index (χ4v) is 1.85. The van der Waals surface area contributed by atoms with Gasteiger partial charge in [0.05, 0.1) is 12.6 Å². The summed E-state index contributed by atoms with van der Waals surface area (Å²) in [4.78, 5) is 0. The maximum absolute atomic E-state index is 5.81. The second-order valence-electron chi connectivity index (χ2n) is 5.26. The van der Waals surface area contributed by atoms with Crippen LogP contribution in [0.1, 0.15) is 57.6 Å². The number of furan rings is 1. The zero-order valence-electron chi connectivity index (χ0n) is 12.4. The largest absolute Gasteiger partial charge is 0.462 e. The zero-order chi connectivity index (χ0) is 13.5. The second-order valence-corrected chi connectivity index (χ2v) is 5.26. The Bertz CT molecular complexity index is 344. The minimum Gasteiger partial charge on any atom is -0.462 e. The van der Waals surface area contributed by atoms with Crippen LogP contribution in [0.3, 0.4) is 0 Å². The van der Waals surface area contributed by atoms with Gasteiger partial charge >= 0.3 is 0 Å². The second kappa shape index (κ2) is 7.59. The van der Waals surface area contributed by atoms with Gasteiger partial charge in [0.2, 0.25) is 0 Å². The van der Waals surface area contributed by atoms with Gasteiger partial charge in [-0.3, -0.25) is 0 Å². The maximum atomic E-state index is 5.81. The summed E-state index contributed by atoms with van der Waals surface area (Å²) in [7, 11) is 0. The van der Waals surface area contributed by atoms with Gasteiger partial charge in [-0.2, -0.15) is 0 Å². The van der Waals surface area contributed by atoms with Gasteiger partial charge < -0.3 is 14.5 Å². The van der Waals surface area contributed by atoms with Crippen LogP contribution in [-0.2, 0) is 17.9 Å². The highest BCUT2D eigenvalue weighted by Crippen LogP contribution is 2.16. The summed E-state index contributed by atoms with van der Waals surface area (Å²) in [6, 6.07) is 2.55. The lowest BCUT2D eigenvalue weighted by atomic mass is 10.2. The molecule has 0 aliphatic rings. The van der Waals surface area contributed by atoms with Crippen LogP contribution >= 0.6 is 0 Å². The Balaban J connectivity index is 2.45. The highest BCUT2D eigenvalue weighted by molar-refractivity contribution is 5.19. The van der Waals surface area contributed by atoms with Gasteiger partial charge in [0, 0.05) is 6.04 Å². The van der Waals surface area contributed by atoms with Crippen molar-refractivity contribution in [3.63, 3.8) is 0 Å². The van der Waals surface area contributed by atoms with E-state index in [1.54, 1.807) is 0 Å². The first-order chi connectivity index (χ1) is 8.52.